The number of sulfonamides is 1. The first-order chi connectivity index (χ1) is 9.91. The molecule has 2 N–H and O–H groups in total. The normalized spacial score (nSPS) is 16.5. The molecular weight excluding hydrogens is 294 g/mol. The predicted octanol–water partition coefficient (Wildman–Crippen LogP) is 0.663. The van der Waals surface area contributed by atoms with E-state index in [1.807, 2.05) is 0 Å². The molecule has 0 spiro atoms. The van der Waals surface area contributed by atoms with Crippen molar-refractivity contribution in [2.45, 2.75) is 24.7 Å². The quantitative estimate of drug-likeness (QED) is 0.722. The van der Waals surface area contributed by atoms with Gasteiger partial charge in [0.25, 0.3) is 0 Å². The number of benzene rings is 1. The first-order valence-corrected chi connectivity index (χ1v) is 8.39. The number of aliphatic hydroxyl groups is 1. The molecule has 21 heavy (non-hydrogen) atoms. The van der Waals surface area contributed by atoms with E-state index in [0.717, 1.165) is 12.8 Å². The van der Waals surface area contributed by atoms with Gasteiger partial charge in [0.05, 0.1) is 24.5 Å². The van der Waals surface area contributed by atoms with Crippen LogP contribution in [0.3, 0.4) is 0 Å². The van der Waals surface area contributed by atoms with E-state index < -0.39 is 22.1 Å². The molecule has 1 atom stereocenters. The molecule has 1 aliphatic carbocycles. The van der Waals surface area contributed by atoms with E-state index in [1.54, 1.807) is 18.2 Å². The van der Waals surface area contributed by atoms with Crippen LogP contribution in [0.5, 0.6) is 0 Å². The molecule has 0 aromatic heterocycles. The minimum atomic E-state index is -3.55. The number of esters is 1. The van der Waals surface area contributed by atoms with E-state index in [-0.39, 0.29) is 18.2 Å². The molecule has 116 valence electrons. The Bertz CT molecular complexity index is 610. The summed E-state index contributed by atoms with van der Waals surface area (Å²) in [6.45, 7) is 0.0314. The van der Waals surface area contributed by atoms with Crippen molar-refractivity contribution in [3.05, 3.63) is 35.4 Å². The highest BCUT2D eigenvalue weighted by atomic mass is 32.2. The summed E-state index contributed by atoms with van der Waals surface area (Å²) in [7, 11) is -2.28. The van der Waals surface area contributed by atoms with Crippen LogP contribution in [0, 0.1) is 5.92 Å². The second-order valence-corrected chi connectivity index (χ2v) is 7.01. The second-order valence-electron chi connectivity index (χ2n) is 5.20. The predicted molar refractivity (Wildman–Crippen MR) is 77.1 cm³/mol. The summed E-state index contributed by atoms with van der Waals surface area (Å²) >= 11 is 0. The van der Waals surface area contributed by atoms with Gasteiger partial charge in [0.2, 0.25) is 10.0 Å². The molecular formula is C14H19NO5S. The molecule has 1 unspecified atom stereocenters. The molecule has 6 nitrogen and oxygen atoms in total. The molecule has 1 aromatic rings. The summed E-state index contributed by atoms with van der Waals surface area (Å²) in [5.74, 6) is -0.531. The average Bonchev–Trinajstić information content (AvgIpc) is 3.28. The molecule has 0 bridgehead atoms. The van der Waals surface area contributed by atoms with Crippen molar-refractivity contribution in [1.82, 2.24) is 4.72 Å². The average molecular weight is 313 g/mol. The van der Waals surface area contributed by atoms with Gasteiger partial charge in [-0.2, -0.15) is 0 Å². The Balaban J connectivity index is 1.97. The standard InChI is InChI=1S/C14H19NO5S/c1-20-14(17)12-4-2-3-10(7-12)9-21(18,19)15-8-13(16)11-5-6-11/h2-4,7,11,13,15-16H,5-6,8-9H2,1H3. The highest BCUT2D eigenvalue weighted by Crippen LogP contribution is 2.32. The number of hydrogen-bond donors (Lipinski definition) is 2. The van der Waals surface area contributed by atoms with Gasteiger partial charge in [-0.15, -0.1) is 0 Å². The topological polar surface area (TPSA) is 92.7 Å². The lowest BCUT2D eigenvalue weighted by atomic mass is 10.1. The number of rotatable bonds is 7. The number of carbonyl (C=O) groups is 1. The fourth-order valence-corrected chi connectivity index (χ4v) is 3.18. The first kappa shape index (κ1) is 15.9. The van der Waals surface area contributed by atoms with Crippen LogP contribution in [-0.4, -0.2) is 39.3 Å². The van der Waals surface area contributed by atoms with Crippen LogP contribution < -0.4 is 4.72 Å². The number of methoxy groups -OCH3 is 1. The number of hydrogen-bond acceptors (Lipinski definition) is 5. The third-order valence-corrected chi connectivity index (χ3v) is 4.70. The molecule has 1 aliphatic rings. The van der Waals surface area contributed by atoms with Crippen LogP contribution in [-0.2, 0) is 20.5 Å². The highest BCUT2D eigenvalue weighted by molar-refractivity contribution is 7.88. The molecule has 0 radical (unpaired) electrons. The maximum Gasteiger partial charge on any atom is 0.337 e. The summed E-state index contributed by atoms with van der Waals surface area (Å²) in [6, 6.07) is 6.29. The monoisotopic (exact) mass is 313 g/mol. The van der Waals surface area contributed by atoms with E-state index in [4.69, 9.17) is 0 Å². The van der Waals surface area contributed by atoms with Gasteiger partial charge < -0.3 is 9.84 Å². The smallest absolute Gasteiger partial charge is 0.337 e. The summed E-state index contributed by atoms with van der Waals surface area (Å²) in [6.07, 6.45) is 1.27. The van der Waals surface area contributed by atoms with E-state index >= 15 is 0 Å². The molecule has 1 saturated carbocycles. The van der Waals surface area contributed by atoms with Crippen molar-refractivity contribution in [3.63, 3.8) is 0 Å². The Labute approximate surface area is 124 Å². The van der Waals surface area contributed by atoms with E-state index in [1.165, 1.54) is 13.2 Å². The number of ether oxygens (including phenoxy) is 1. The van der Waals surface area contributed by atoms with Gasteiger partial charge in [0.15, 0.2) is 0 Å². The maximum absolute atomic E-state index is 12.0. The molecule has 2 rings (SSSR count). The van der Waals surface area contributed by atoms with Gasteiger partial charge in [-0.25, -0.2) is 17.9 Å². The van der Waals surface area contributed by atoms with Gasteiger partial charge in [-0.3, -0.25) is 0 Å². The van der Waals surface area contributed by atoms with E-state index in [2.05, 4.69) is 9.46 Å². The highest BCUT2D eigenvalue weighted by Gasteiger charge is 2.30. The van der Waals surface area contributed by atoms with Gasteiger partial charge in [0, 0.05) is 6.54 Å². The number of aliphatic hydroxyl groups excluding tert-OH is 1. The lowest BCUT2D eigenvalue weighted by Crippen LogP contribution is -2.34. The van der Waals surface area contributed by atoms with Crippen molar-refractivity contribution in [1.29, 1.82) is 0 Å². The van der Waals surface area contributed by atoms with Crippen LogP contribution in [0.15, 0.2) is 24.3 Å². The van der Waals surface area contributed by atoms with Crippen molar-refractivity contribution in [2.75, 3.05) is 13.7 Å². The Morgan fingerprint density at radius 1 is 1.48 bits per heavy atom. The Kier molecular flexibility index (Phi) is 4.97. The van der Waals surface area contributed by atoms with Crippen LogP contribution in [0.25, 0.3) is 0 Å². The minimum absolute atomic E-state index is 0.0314. The van der Waals surface area contributed by atoms with Gasteiger partial charge in [-0.1, -0.05) is 12.1 Å². The van der Waals surface area contributed by atoms with Crippen LogP contribution in [0.1, 0.15) is 28.8 Å². The zero-order valence-electron chi connectivity index (χ0n) is 11.8. The van der Waals surface area contributed by atoms with Crippen molar-refractivity contribution < 1.29 is 23.1 Å². The molecule has 1 aromatic carbocycles. The molecule has 7 heteroatoms. The summed E-state index contributed by atoms with van der Waals surface area (Å²) in [5, 5.41) is 9.68. The molecule has 0 aliphatic heterocycles. The Morgan fingerprint density at radius 2 is 2.19 bits per heavy atom. The lowest BCUT2D eigenvalue weighted by molar-refractivity contribution is 0.0600. The third-order valence-electron chi connectivity index (χ3n) is 3.38. The summed E-state index contributed by atoms with van der Waals surface area (Å²) in [5.41, 5.74) is 0.800. The second kappa shape index (κ2) is 6.55. The molecule has 1 fully saturated rings. The van der Waals surface area contributed by atoms with Crippen LogP contribution in [0.4, 0.5) is 0 Å². The Hall–Kier alpha value is -1.44. The maximum atomic E-state index is 12.0. The third kappa shape index (κ3) is 4.80. The van der Waals surface area contributed by atoms with Crippen molar-refractivity contribution in [3.8, 4) is 0 Å². The zero-order chi connectivity index (χ0) is 15.5. The number of carbonyl (C=O) groups excluding carboxylic acids is 1. The largest absolute Gasteiger partial charge is 0.465 e. The van der Waals surface area contributed by atoms with Gasteiger partial charge >= 0.3 is 5.97 Å². The summed E-state index contributed by atoms with van der Waals surface area (Å²) < 4.78 is 30.9. The summed E-state index contributed by atoms with van der Waals surface area (Å²) in [4.78, 5) is 11.4. The minimum Gasteiger partial charge on any atom is -0.465 e. The van der Waals surface area contributed by atoms with Gasteiger partial charge in [0.1, 0.15) is 0 Å². The van der Waals surface area contributed by atoms with E-state index in [0.29, 0.717) is 11.1 Å². The fraction of sp³-hybridized carbons (Fsp3) is 0.500. The van der Waals surface area contributed by atoms with Crippen molar-refractivity contribution >= 4 is 16.0 Å². The number of nitrogens with one attached hydrogen (secondary N) is 1. The van der Waals surface area contributed by atoms with Crippen molar-refractivity contribution in [2.24, 2.45) is 5.92 Å². The van der Waals surface area contributed by atoms with E-state index in [9.17, 15) is 18.3 Å². The Morgan fingerprint density at radius 3 is 2.81 bits per heavy atom. The van der Waals surface area contributed by atoms with Crippen LogP contribution in [0.2, 0.25) is 0 Å². The molecule has 0 amide bonds. The molecule has 0 saturated heterocycles. The van der Waals surface area contributed by atoms with Crippen LogP contribution >= 0.6 is 0 Å². The first-order valence-electron chi connectivity index (χ1n) is 6.74. The zero-order valence-corrected chi connectivity index (χ0v) is 12.6. The lowest BCUT2D eigenvalue weighted by Gasteiger charge is -2.11. The fourth-order valence-electron chi connectivity index (χ4n) is 2.04. The SMILES string of the molecule is COC(=O)c1cccc(CS(=O)(=O)NCC(O)C2CC2)c1. The molecule has 0 heterocycles. The van der Waals surface area contributed by atoms with Gasteiger partial charge in [-0.05, 0) is 36.5 Å².